The third kappa shape index (κ3) is 3.94. The van der Waals surface area contributed by atoms with Crippen LogP contribution in [0.4, 0.5) is 0 Å². The fourth-order valence-corrected chi connectivity index (χ4v) is 4.84. The fourth-order valence-electron chi connectivity index (χ4n) is 3.69. The number of carbonyl (C=O) groups excluding carboxylic acids is 3. The summed E-state index contributed by atoms with van der Waals surface area (Å²) >= 11 is 1.50. The van der Waals surface area contributed by atoms with Gasteiger partial charge in [0.1, 0.15) is 0 Å². The van der Waals surface area contributed by atoms with Crippen LogP contribution >= 0.6 is 11.3 Å². The summed E-state index contributed by atoms with van der Waals surface area (Å²) in [6.07, 6.45) is 6.12. The van der Waals surface area contributed by atoms with Gasteiger partial charge < -0.3 is 4.74 Å². The van der Waals surface area contributed by atoms with E-state index in [9.17, 15) is 14.4 Å². The number of esters is 1. The van der Waals surface area contributed by atoms with Gasteiger partial charge in [0.15, 0.2) is 6.10 Å². The van der Waals surface area contributed by atoms with Crippen molar-refractivity contribution in [2.45, 2.75) is 51.0 Å². The van der Waals surface area contributed by atoms with Crippen LogP contribution in [0.15, 0.2) is 30.3 Å². The Kier molecular flexibility index (Phi) is 5.43. The van der Waals surface area contributed by atoms with Crippen molar-refractivity contribution in [1.82, 2.24) is 10.9 Å². The number of nitrogens with one attached hydrogen (secondary N) is 2. The first-order chi connectivity index (χ1) is 13.6. The third-order valence-electron chi connectivity index (χ3n) is 5.20. The van der Waals surface area contributed by atoms with E-state index in [4.69, 9.17) is 4.74 Å². The van der Waals surface area contributed by atoms with Crippen LogP contribution in [0.2, 0.25) is 0 Å². The van der Waals surface area contributed by atoms with Gasteiger partial charge in [-0.1, -0.05) is 31.0 Å². The second-order valence-electron chi connectivity index (χ2n) is 7.17. The molecule has 1 atom stereocenters. The number of thiophene rings is 1. The van der Waals surface area contributed by atoms with Crippen LogP contribution in [0.1, 0.15) is 61.7 Å². The van der Waals surface area contributed by atoms with Crippen molar-refractivity contribution in [2.75, 3.05) is 0 Å². The van der Waals surface area contributed by atoms with Crippen molar-refractivity contribution in [2.24, 2.45) is 0 Å². The van der Waals surface area contributed by atoms with Crippen LogP contribution < -0.4 is 10.9 Å². The van der Waals surface area contributed by atoms with Crippen molar-refractivity contribution in [3.63, 3.8) is 0 Å². The molecule has 0 saturated carbocycles. The second-order valence-corrected chi connectivity index (χ2v) is 8.31. The molecule has 0 bridgehead atoms. The Labute approximate surface area is 167 Å². The maximum atomic E-state index is 12.5. The molecule has 2 aromatic rings. The molecule has 1 unspecified atom stereocenters. The summed E-state index contributed by atoms with van der Waals surface area (Å²) in [6.45, 7) is 0. The van der Waals surface area contributed by atoms with Crippen LogP contribution in [0.3, 0.4) is 0 Å². The topological polar surface area (TPSA) is 84.5 Å². The summed E-state index contributed by atoms with van der Waals surface area (Å²) in [4.78, 5) is 38.7. The largest absolute Gasteiger partial charge is 0.448 e. The quantitative estimate of drug-likeness (QED) is 0.602. The molecule has 1 aliphatic carbocycles. The zero-order valence-corrected chi connectivity index (χ0v) is 16.3. The highest BCUT2D eigenvalue weighted by Crippen LogP contribution is 2.28. The Bertz CT molecular complexity index is 895. The third-order valence-corrected chi connectivity index (χ3v) is 6.44. The molecule has 4 rings (SSSR count). The van der Waals surface area contributed by atoms with Gasteiger partial charge in [0.25, 0.3) is 11.8 Å². The average molecular weight is 398 g/mol. The highest BCUT2D eigenvalue weighted by Gasteiger charge is 2.31. The first-order valence-corrected chi connectivity index (χ1v) is 10.4. The number of carbonyl (C=O) groups is 3. The molecule has 2 heterocycles. The van der Waals surface area contributed by atoms with Gasteiger partial charge in [-0.25, -0.2) is 4.79 Å². The number of benzene rings is 1. The summed E-state index contributed by atoms with van der Waals surface area (Å²) in [6, 6.07) is 8.98. The molecule has 1 aliphatic heterocycles. The lowest BCUT2D eigenvalue weighted by Crippen LogP contribution is -2.49. The van der Waals surface area contributed by atoms with E-state index < -0.39 is 18.0 Å². The van der Waals surface area contributed by atoms with Gasteiger partial charge >= 0.3 is 5.97 Å². The Balaban J connectivity index is 1.37. The van der Waals surface area contributed by atoms with E-state index in [-0.39, 0.29) is 12.3 Å². The molecule has 0 spiro atoms. The molecule has 2 amide bonds. The van der Waals surface area contributed by atoms with E-state index in [0.717, 1.165) is 31.2 Å². The van der Waals surface area contributed by atoms with Crippen molar-refractivity contribution < 1.29 is 19.1 Å². The van der Waals surface area contributed by atoms with Gasteiger partial charge in [-0.2, -0.15) is 0 Å². The summed E-state index contributed by atoms with van der Waals surface area (Å²) in [5.74, 6) is -1.40. The van der Waals surface area contributed by atoms with Crippen molar-refractivity contribution >= 4 is 29.1 Å². The van der Waals surface area contributed by atoms with E-state index in [1.807, 2.05) is 12.1 Å². The number of rotatable bonds is 2. The smallest absolute Gasteiger partial charge is 0.339 e. The van der Waals surface area contributed by atoms with Crippen LogP contribution in [0, 0.1) is 0 Å². The van der Waals surface area contributed by atoms with Crippen molar-refractivity contribution in [1.29, 1.82) is 0 Å². The van der Waals surface area contributed by atoms with Gasteiger partial charge in [0.05, 0.1) is 10.4 Å². The van der Waals surface area contributed by atoms with Gasteiger partial charge in [-0.05, 0) is 48.9 Å². The molecule has 6 nitrogen and oxygen atoms in total. The standard InChI is InChI=1S/C21H22N2O4S/c24-19(16-11-13-7-5-6-9-15(13)21(26)27-16)22-23-20(25)18-12-14-8-3-1-2-4-10-17(14)28-18/h5-7,9,12,16H,1-4,8,10-11H2,(H,22,24)(H,23,25). The SMILES string of the molecule is O=C(NNC(=O)C1Cc2ccccc2C(=O)O1)c1cc2c(s1)CCCCCC2. The molecule has 1 aromatic carbocycles. The zero-order chi connectivity index (χ0) is 19.5. The maximum absolute atomic E-state index is 12.5. The first-order valence-electron chi connectivity index (χ1n) is 9.62. The summed E-state index contributed by atoms with van der Waals surface area (Å²) in [5, 5.41) is 0. The minimum Gasteiger partial charge on any atom is -0.448 e. The van der Waals surface area contributed by atoms with E-state index in [1.165, 1.54) is 34.6 Å². The lowest BCUT2D eigenvalue weighted by molar-refractivity contribution is -0.131. The van der Waals surface area contributed by atoms with Crippen molar-refractivity contribution in [3.8, 4) is 0 Å². The number of hydrogen-bond acceptors (Lipinski definition) is 5. The number of hydrogen-bond donors (Lipinski definition) is 2. The minimum absolute atomic E-state index is 0.289. The number of aryl methyl sites for hydroxylation is 2. The molecule has 2 N–H and O–H groups in total. The van der Waals surface area contributed by atoms with Gasteiger partial charge in [0, 0.05) is 11.3 Å². The monoisotopic (exact) mass is 398 g/mol. The molecule has 0 saturated heterocycles. The Morgan fingerprint density at radius 2 is 1.79 bits per heavy atom. The fraction of sp³-hybridized carbons (Fsp3) is 0.381. The number of ether oxygens (including phenoxy) is 1. The summed E-state index contributed by atoms with van der Waals surface area (Å²) < 4.78 is 5.21. The molecule has 28 heavy (non-hydrogen) atoms. The van der Waals surface area contributed by atoms with Crippen LogP contribution in [-0.2, 0) is 28.8 Å². The molecular formula is C21H22N2O4S. The number of cyclic esters (lactones) is 1. The second kappa shape index (κ2) is 8.14. The van der Waals surface area contributed by atoms with Gasteiger partial charge in [-0.15, -0.1) is 11.3 Å². The van der Waals surface area contributed by atoms with Gasteiger partial charge in [0.2, 0.25) is 0 Å². The average Bonchev–Trinajstić information content (AvgIpc) is 3.08. The predicted molar refractivity (Wildman–Crippen MR) is 105 cm³/mol. The minimum atomic E-state index is -0.953. The predicted octanol–water partition coefficient (Wildman–Crippen LogP) is 2.95. The highest BCUT2D eigenvalue weighted by atomic mass is 32.1. The summed E-state index contributed by atoms with van der Waals surface area (Å²) in [5.41, 5.74) is 7.35. The van der Waals surface area contributed by atoms with Gasteiger partial charge in [-0.3, -0.25) is 20.4 Å². The highest BCUT2D eigenvalue weighted by molar-refractivity contribution is 7.14. The molecule has 2 aliphatic rings. The Morgan fingerprint density at radius 3 is 2.64 bits per heavy atom. The number of amides is 2. The number of fused-ring (bicyclic) bond motifs is 2. The zero-order valence-electron chi connectivity index (χ0n) is 15.5. The summed E-state index contributed by atoms with van der Waals surface area (Å²) in [7, 11) is 0. The molecule has 1 aromatic heterocycles. The van der Waals surface area contributed by atoms with E-state index in [0.29, 0.717) is 10.4 Å². The Hall–Kier alpha value is -2.67. The van der Waals surface area contributed by atoms with E-state index in [1.54, 1.807) is 18.2 Å². The molecule has 7 heteroatoms. The molecule has 0 fully saturated rings. The van der Waals surface area contributed by atoms with Crippen LogP contribution in [0.25, 0.3) is 0 Å². The lowest BCUT2D eigenvalue weighted by atomic mass is 9.98. The van der Waals surface area contributed by atoms with E-state index >= 15 is 0 Å². The molecule has 0 radical (unpaired) electrons. The van der Waals surface area contributed by atoms with Crippen LogP contribution in [-0.4, -0.2) is 23.9 Å². The maximum Gasteiger partial charge on any atom is 0.339 e. The normalized spacial score (nSPS) is 18.7. The molecule has 146 valence electrons. The molecular weight excluding hydrogens is 376 g/mol. The van der Waals surface area contributed by atoms with Crippen LogP contribution in [0.5, 0.6) is 0 Å². The Morgan fingerprint density at radius 1 is 1.00 bits per heavy atom. The lowest BCUT2D eigenvalue weighted by Gasteiger charge is -2.23. The first kappa shape index (κ1) is 18.7. The van der Waals surface area contributed by atoms with E-state index in [2.05, 4.69) is 10.9 Å². The number of hydrazine groups is 1. The van der Waals surface area contributed by atoms with Crippen molar-refractivity contribution in [3.05, 3.63) is 56.8 Å².